The van der Waals surface area contributed by atoms with Gasteiger partial charge in [0.2, 0.25) is 0 Å². The predicted octanol–water partition coefficient (Wildman–Crippen LogP) is 2.77. The summed E-state index contributed by atoms with van der Waals surface area (Å²) in [6.45, 7) is 0.441. The van der Waals surface area contributed by atoms with Crippen molar-refractivity contribution in [3.63, 3.8) is 0 Å². The van der Waals surface area contributed by atoms with Gasteiger partial charge in [-0.15, -0.1) is 0 Å². The summed E-state index contributed by atoms with van der Waals surface area (Å²) >= 11 is 0. The summed E-state index contributed by atoms with van der Waals surface area (Å²) in [5, 5.41) is 2.54. The monoisotopic (exact) mass is 277 g/mol. The zero-order valence-electron chi connectivity index (χ0n) is 10.6. The van der Waals surface area contributed by atoms with Gasteiger partial charge in [-0.2, -0.15) is 0 Å². The summed E-state index contributed by atoms with van der Waals surface area (Å²) in [5.74, 6) is -0.896. The van der Waals surface area contributed by atoms with E-state index in [1.54, 1.807) is 6.07 Å². The number of carbonyl (C=O) groups excluding carboxylic acids is 1. The van der Waals surface area contributed by atoms with E-state index in [-0.39, 0.29) is 24.5 Å². The lowest BCUT2D eigenvalue weighted by Crippen LogP contribution is -2.28. The van der Waals surface area contributed by atoms with Gasteiger partial charge in [-0.05, 0) is 36.4 Å². The van der Waals surface area contributed by atoms with Gasteiger partial charge in [0.15, 0.2) is 0 Å². The molecular weight excluding hydrogens is 264 g/mol. The number of benzene rings is 2. The van der Waals surface area contributed by atoms with Crippen LogP contribution in [0.2, 0.25) is 0 Å². The Morgan fingerprint density at radius 2 is 1.75 bits per heavy atom. The van der Waals surface area contributed by atoms with Crippen molar-refractivity contribution in [2.24, 2.45) is 0 Å². The number of nitrogens with one attached hydrogen (secondary N) is 1. The van der Waals surface area contributed by atoms with E-state index in [1.807, 2.05) is 0 Å². The van der Waals surface area contributed by atoms with Crippen molar-refractivity contribution < 1.29 is 18.3 Å². The van der Waals surface area contributed by atoms with Gasteiger partial charge < -0.3 is 10.1 Å². The summed E-state index contributed by atoms with van der Waals surface area (Å²) in [4.78, 5) is 11.7. The molecule has 0 unspecified atom stereocenters. The Bertz CT molecular complexity index is 585. The fourth-order valence-electron chi connectivity index (χ4n) is 1.60. The summed E-state index contributed by atoms with van der Waals surface area (Å²) in [6.07, 6.45) is 0. The Morgan fingerprint density at radius 3 is 2.45 bits per heavy atom. The van der Waals surface area contributed by atoms with Gasteiger partial charge in [0.1, 0.15) is 24.0 Å². The van der Waals surface area contributed by atoms with Gasteiger partial charge in [0, 0.05) is 0 Å². The Labute approximate surface area is 115 Å². The molecule has 0 aromatic heterocycles. The second-order valence-corrected chi connectivity index (χ2v) is 4.04. The Morgan fingerprint density at radius 1 is 1.05 bits per heavy atom. The van der Waals surface area contributed by atoms with Crippen LogP contribution in [0.1, 0.15) is 10.4 Å². The lowest BCUT2D eigenvalue weighted by molar-refractivity contribution is 0.0943. The molecule has 1 N–H and O–H groups in total. The van der Waals surface area contributed by atoms with E-state index in [4.69, 9.17) is 4.74 Å². The summed E-state index contributed by atoms with van der Waals surface area (Å²) < 4.78 is 31.3. The molecule has 0 saturated heterocycles. The highest BCUT2D eigenvalue weighted by Crippen LogP contribution is 2.10. The van der Waals surface area contributed by atoms with E-state index in [2.05, 4.69) is 5.32 Å². The van der Waals surface area contributed by atoms with Crippen LogP contribution >= 0.6 is 0 Å². The zero-order valence-corrected chi connectivity index (χ0v) is 10.6. The minimum absolute atomic E-state index is 0.00529. The molecule has 0 heterocycles. The molecule has 2 aromatic rings. The van der Waals surface area contributed by atoms with Crippen molar-refractivity contribution in [1.29, 1.82) is 0 Å². The van der Waals surface area contributed by atoms with Gasteiger partial charge in [-0.25, -0.2) is 8.78 Å². The van der Waals surface area contributed by atoms with Gasteiger partial charge >= 0.3 is 0 Å². The molecule has 20 heavy (non-hydrogen) atoms. The van der Waals surface area contributed by atoms with Crippen LogP contribution in [0.15, 0.2) is 48.5 Å². The number of halogens is 2. The smallest absolute Gasteiger partial charge is 0.254 e. The lowest BCUT2D eigenvalue weighted by atomic mass is 10.2. The molecule has 0 bridgehead atoms. The van der Waals surface area contributed by atoms with Crippen LogP contribution in [0, 0.1) is 11.6 Å². The minimum atomic E-state index is -0.565. The van der Waals surface area contributed by atoms with Gasteiger partial charge in [-0.1, -0.05) is 12.1 Å². The molecule has 0 aliphatic heterocycles. The first kappa shape index (κ1) is 14.0. The number of rotatable bonds is 5. The zero-order chi connectivity index (χ0) is 14.4. The molecule has 0 fully saturated rings. The third-order valence-electron chi connectivity index (χ3n) is 2.59. The average Bonchev–Trinajstić information content (AvgIpc) is 2.46. The van der Waals surface area contributed by atoms with Crippen LogP contribution in [0.3, 0.4) is 0 Å². The number of hydrogen-bond donors (Lipinski definition) is 1. The molecule has 0 atom stereocenters. The number of amides is 1. The number of carbonyl (C=O) groups is 1. The average molecular weight is 277 g/mol. The predicted molar refractivity (Wildman–Crippen MR) is 70.6 cm³/mol. The second kappa shape index (κ2) is 6.65. The topological polar surface area (TPSA) is 38.3 Å². The molecule has 3 nitrogen and oxygen atoms in total. The van der Waals surface area contributed by atoms with Crippen molar-refractivity contribution in [2.45, 2.75) is 0 Å². The Kier molecular flexibility index (Phi) is 4.65. The molecule has 2 rings (SSSR count). The van der Waals surface area contributed by atoms with Gasteiger partial charge in [0.05, 0.1) is 12.1 Å². The van der Waals surface area contributed by atoms with Crippen LogP contribution in [0.4, 0.5) is 8.78 Å². The molecule has 0 aliphatic rings. The maximum atomic E-state index is 13.3. The quantitative estimate of drug-likeness (QED) is 0.853. The van der Waals surface area contributed by atoms with E-state index < -0.39 is 11.7 Å². The van der Waals surface area contributed by atoms with Crippen molar-refractivity contribution in [3.8, 4) is 5.75 Å². The van der Waals surface area contributed by atoms with E-state index in [0.29, 0.717) is 5.75 Å². The molecule has 5 heteroatoms. The highest BCUT2D eigenvalue weighted by atomic mass is 19.1. The van der Waals surface area contributed by atoms with E-state index in [1.165, 1.54) is 42.5 Å². The largest absolute Gasteiger partial charge is 0.492 e. The first-order valence-electron chi connectivity index (χ1n) is 6.08. The molecule has 0 spiro atoms. The van der Waals surface area contributed by atoms with Crippen LogP contribution in [0.25, 0.3) is 0 Å². The molecule has 104 valence electrons. The molecule has 2 aromatic carbocycles. The molecule has 0 aliphatic carbocycles. The first-order valence-corrected chi connectivity index (χ1v) is 6.08. The normalized spacial score (nSPS) is 10.1. The third-order valence-corrected chi connectivity index (χ3v) is 2.59. The van der Waals surface area contributed by atoms with E-state index in [0.717, 1.165) is 0 Å². The SMILES string of the molecule is O=C(NCCOc1ccc(F)cc1)c1ccccc1F. The maximum Gasteiger partial charge on any atom is 0.254 e. The minimum Gasteiger partial charge on any atom is -0.492 e. The van der Waals surface area contributed by atoms with Crippen molar-refractivity contribution in [2.75, 3.05) is 13.2 Å². The highest BCUT2D eigenvalue weighted by Gasteiger charge is 2.09. The highest BCUT2D eigenvalue weighted by molar-refractivity contribution is 5.94. The van der Waals surface area contributed by atoms with Gasteiger partial charge in [0.25, 0.3) is 5.91 Å². The summed E-state index contributed by atoms with van der Waals surface area (Å²) in [7, 11) is 0. The third kappa shape index (κ3) is 3.78. The summed E-state index contributed by atoms with van der Waals surface area (Å²) in [6, 6.07) is 11.3. The molecule has 0 radical (unpaired) electrons. The van der Waals surface area contributed by atoms with Crippen LogP contribution in [-0.4, -0.2) is 19.1 Å². The fraction of sp³-hybridized carbons (Fsp3) is 0.133. The number of hydrogen-bond acceptors (Lipinski definition) is 2. The Balaban J connectivity index is 1.77. The first-order chi connectivity index (χ1) is 9.66. The maximum absolute atomic E-state index is 13.3. The van der Waals surface area contributed by atoms with Crippen molar-refractivity contribution in [1.82, 2.24) is 5.32 Å². The Hall–Kier alpha value is -2.43. The van der Waals surface area contributed by atoms with Gasteiger partial charge in [-0.3, -0.25) is 4.79 Å². The molecule has 1 amide bonds. The standard InChI is InChI=1S/C15H13F2NO2/c16-11-5-7-12(8-6-11)20-10-9-18-15(19)13-3-1-2-4-14(13)17/h1-8H,9-10H2,(H,18,19). The van der Waals surface area contributed by atoms with Crippen molar-refractivity contribution in [3.05, 3.63) is 65.7 Å². The molecule has 0 saturated carbocycles. The van der Waals surface area contributed by atoms with Crippen LogP contribution < -0.4 is 10.1 Å². The van der Waals surface area contributed by atoms with Crippen LogP contribution in [0.5, 0.6) is 5.75 Å². The fourth-order valence-corrected chi connectivity index (χ4v) is 1.60. The lowest BCUT2D eigenvalue weighted by Gasteiger charge is -2.08. The summed E-state index contributed by atoms with van der Waals surface area (Å²) in [5.41, 5.74) is -0.00529. The second-order valence-electron chi connectivity index (χ2n) is 4.04. The van der Waals surface area contributed by atoms with Crippen LogP contribution in [-0.2, 0) is 0 Å². The number of ether oxygens (including phenoxy) is 1. The molecular formula is C15H13F2NO2. The van der Waals surface area contributed by atoms with E-state index >= 15 is 0 Å². The van der Waals surface area contributed by atoms with E-state index in [9.17, 15) is 13.6 Å². The van der Waals surface area contributed by atoms with Crippen molar-refractivity contribution >= 4 is 5.91 Å².